The van der Waals surface area contributed by atoms with Gasteiger partial charge in [-0.05, 0) is 37.6 Å². The molecule has 2 rings (SSSR count). The van der Waals surface area contributed by atoms with Crippen molar-refractivity contribution in [2.75, 3.05) is 25.1 Å². The molecule has 1 amide bonds. The number of benzene rings is 1. The summed E-state index contributed by atoms with van der Waals surface area (Å²) in [5.74, 6) is -0.192. The SMILES string of the molecule is CCN(CCS(C)(=O)=O)C(=O)c1cccc(-c2ccccn2)c1C. The summed E-state index contributed by atoms with van der Waals surface area (Å²) in [6.45, 7) is 4.39. The van der Waals surface area contributed by atoms with Crippen LogP contribution in [0.3, 0.4) is 0 Å². The number of hydrogen-bond acceptors (Lipinski definition) is 4. The van der Waals surface area contributed by atoms with Crippen LogP contribution in [0.1, 0.15) is 22.8 Å². The van der Waals surface area contributed by atoms with Crippen molar-refractivity contribution in [1.82, 2.24) is 9.88 Å². The second kappa shape index (κ2) is 7.57. The lowest BCUT2D eigenvalue weighted by Crippen LogP contribution is -2.35. The second-order valence-corrected chi connectivity index (χ2v) is 7.97. The zero-order valence-electron chi connectivity index (χ0n) is 14.2. The Balaban J connectivity index is 2.32. The number of sulfone groups is 1. The Bertz CT molecular complexity index is 817. The zero-order valence-corrected chi connectivity index (χ0v) is 15.0. The Kier molecular flexibility index (Phi) is 5.72. The van der Waals surface area contributed by atoms with Crippen LogP contribution in [0.5, 0.6) is 0 Å². The van der Waals surface area contributed by atoms with Crippen molar-refractivity contribution in [3.63, 3.8) is 0 Å². The van der Waals surface area contributed by atoms with Crippen LogP contribution < -0.4 is 0 Å². The molecule has 0 atom stereocenters. The zero-order chi connectivity index (χ0) is 17.7. The fourth-order valence-electron chi connectivity index (χ4n) is 2.52. The van der Waals surface area contributed by atoms with E-state index >= 15 is 0 Å². The molecular weight excluding hydrogens is 324 g/mol. The van der Waals surface area contributed by atoms with Crippen molar-refractivity contribution in [3.8, 4) is 11.3 Å². The summed E-state index contributed by atoms with van der Waals surface area (Å²) in [7, 11) is -3.11. The fraction of sp³-hybridized carbons (Fsp3) is 0.333. The van der Waals surface area contributed by atoms with E-state index in [0.29, 0.717) is 12.1 Å². The van der Waals surface area contributed by atoms with E-state index < -0.39 is 9.84 Å². The Morgan fingerprint density at radius 2 is 1.92 bits per heavy atom. The first-order valence-corrected chi connectivity index (χ1v) is 9.87. The van der Waals surface area contributed by atoms with Gasteiger partial charge in [0, 0.05) is 36.7 Å². The van der Waals surface area contributed by atoms with Gasteiger partial charge >= 0.3 is 0 Å². The molecule has 128 valence electrons. The van der Waals surface area contributed by atoms with Crippen LogP contribution in [0.2, 0.25) is 0 Å². The largest absolute Gasteiger partial charge is 0.338 e. The average molecular weight is 346 g/mol. The molecular formula is C18H22N2O3S. The summed E-state index contributed by atoms with van der Waals surface area (Å²) in [5.41, 5.74) is 3.14. The number of rotatable bonds is 6. The number of hydrogen-bond donors (Lipinski definition) is 0. The van der Waals surface area contributed by atoms with E-state index in [1.807, 2.05) is 44.2 Å². The number of carbonyl (C=O) groups excluding carboxylic acids is 1. The van der Waals surface area contributed by atoms with E-state index in [0.717, 1.165) is 16.8 Å². The minimum atomic E-state index is -3.11. The van der Waals surface area contributed by atoms with E-state index in [9.17, 15) is 13.2 Å². The van der Waals surface area contributed by atoms with E-state index in [2.05, 4.69) is 4.98 Å². The lowest BCUT2D eigenvalue weighted by atomic mass is 9.98. The van der Waals surface area contributed by atoms with Gasteiger partial charge in [0.05, 0.1) is 11.4 Å². The summed E-state index contributed by atoms with van der Waals surface area (Å²) in [6.07, 6.45) is 2.89. The molecule has 0 unspecified atom stereocenters. The number of nitrogens with zero attached hydrogens (tertiary/aromatic N) is 2. The molecule has 2 aromatic rings. The van der Waals surface area contributed by atoms with Gasteiger partial charge in [0.15, 0.2) is 0 Å². The third-order valence-electron chi connectivity index (χ3n) is 3.91. The minimum Gasteiger partial charge on any atom is -0.338 e. The van der Waals surface area contributed by atoms with E-state index in [-0.39, 0.29) is 18.2 Å². The van der Waals surface area contributed by atoms with Gasteiger partial charge in [0.1, 0.15) is 9.84 Å². The first-order chi connectivity index (χ1) is 11.3. The van der Waals surface area contributed by atoms with Crippen molar-refractivity contribution in [2.24, 2.45) is 0 Å². The van der Waals surface area contributed by atoms with Gasteiger partial charge in [-0.1, -0.05) is 18.2 Å². The van der Waals surface area contributed by atoms with Gasteiger partial charge in [0.2, 0.25) is 0 Å². The maximum Gasteiger partial charge on any atom is 0.254 e. The number of pyridine rings is 1. The monoisotopic (exact) mass is 346 g/mol. The van der Waals surface area contributed by atoms with Crippen molar-refractivity contribution < 1.29 is 13.2 Å². The highest BCUT2D eigenvalue weighted by Gasteiger charge is 2.19. The Morgan fingerprint density at radius 1 is 1.17 bits per heavy atom. The fourth-order valence-corrected chi connectivity index (χ4v) is 3.07. The van der Waals surface area contributed by atoms with Crippen LogP contribution in [0.4, 0.5) is 0 Å². The molecule has 0 radical (unpaired) electrons. The quantitative estimate of drug-likeness (QED) is 0.806. The molecule has 0 saturated heterocycles. The van der Waals surface area contributed by atoms with E-state index in [4.69, 9.17) is 0 Å². The third kappa shape index (κ3) is 4.41. The minimum absolute atomic E-state index is 0.0362. The molecule has 0 aliphatic heterocycles. The van der Waals surface area contributed by atoms with Crippen molar-refractivity contribution in [3.05, 3.63) is 53.7 Å². The number of amides is 1. The van der Waals surface area contributed by atoms with Gasteiger partial charge in [-0.2, -0.15) is 0 Å². The molecule has 6 heteroatoms. The number of aromatic nitrogens is 1. The van der Waals surface area contributed by atoms with Gasteiger partial charge in [-0.25, -0.2) is 8.42 Å². The molecule has 0 fully saturated rings. The van der Waals surface area contributed by atoms with Crippen LogP contribution in [-0.4, -0.2) is 49.3 Å². The number of carbonyl (C=O) groups is 1. The normalized spacial score (nSPS) is 11.3. The first kappa shape index (κ1) is 18.1. The predicted molar refractivity (Wildman–Crippen MR) is 95.7 cm³/mol. The van der Waals surface area contributed by atoms with Crippen LogP contribution in [0.15, 0.2) is 42.6 Å². The molecule has 5 nitrogen and oxygen atoms in total. The van der Waals surface area contributed by atoms with Gasteiger partial charge in [-0.15, -0.1) is 0 Å². The lowest BCUT2D eigenvalue weighted by molar-refractivity contribution is 0.0773. The van der Waals surface area contributed by atoms with Gasteiger partial charge < -0.3 is 4.90 Å². The maximum atomic E-state index is 12.8. The molecule has 1 heterocycles. The van der Waals surface area contributed by atoms with E-state index in [1.165, 1.54) is 6.26 Å². The summed E-state index contributed by atoms with van der Waals surface area (Å²) in [5, 5.41) is 0. The summed E-state index contributed by atoms with van der Waals surface area (Å²) < 4.78 is 22.7. The standard InChI is InChI=1S/C18H22N2O3S/c1-4-20(12-13-24(3,22)23)18(21)16-9-7-8-15(14(16)2)17-10-5-6-11-19-17/h5-11H,4,12-13H2,1-3H3. The molecule has 0 aliphatic carbocycles. The predicted octanol–water partition coefficient (Wildman–Crippen LogP) is 2.56. The highest BCUT2D eigenvalue weighted by Crippen LogP contribution is 2.24. The molecule has 0 saturated carbocycles. The molecule has 0 bridgehead atoms. The molecule has 24 heavy (non-hydrogen) atoms. The summed E-state index contributed by atoms with van der Waals surface area (Å²) in [6, 6.07) is 11.2. The maximum absolute atomic E-state index is 12.8. The molecule has 1 aromatic heterocycles. The Labute approximate surface area is 143 Å². The topological polar surface area (TPSA) is 67.3 Å². The molecule has 0 aliphatic rings. The van der Waals surface area contributed by atoms with Crippen molar-refractivity contribution >= 4 is 15.7 Å². The third-order valence-corrected chi connectivity index (χ3v) is 4.83. The molecule has 1 aromatic carbocycles. The summed E-state index contributed by atoms with van der Waals surface area (Å²) in [4.78, 5) is 18.7. The van der Waals surface area contributed by atoms with Crippen LogP contribution >= 0.6 is 0 Å². The second-order valence-electron chi connectivity index (χ2n) is 5.71. The average Bonchev–Trinajstić information content (AvgIpc) is 2.55. The molecule has 0 N–H and O–H groups in total. The van der Waals surface area contributed by atoms with Gasteiger partial charge in [-0.3, -0.25) is 9.78 Å². The van der Waals surface area contributed by atoms with E-state index in [1.54, 1.807) is 17.2 Å². The first-order valence-electron chi connectivity index (χ1n) is 7.81. The van der Waals surface area contributed by atoms with Crippen LogP contribution in [0, 0.1) is 6.92 Å². The van der Waals surface area contributed by atoms with Gasteiger partial charge in [0.25, 0.3) is 5.91 Å². The summed E-state index contributed by atoms with van der Waals surface area (Å²) >= 11 is 0. The molecule has 0 spiro atoms. The van der Waals surface area contributed by atoms with Crippen molar-refractivity contribution in [2.45, 2.75) is 13.8 Å². The van der Waals surface area contributed by atoms with Crippen LogP contribution in [-0.2, 0) is 9.84 Å². The Morgan fingerprint density at radius 3 is 2.50 bits per heavy atom. The highest BCUT2D eigenvalue weighted by molar-refractivity contribution is 7.90. The smallest absolute Gasteiger partial charge is 0.254 e. The van der Waals surface area contributed by atoms with Crippen LogP contribution in [0.25, 0.3) is 11.3 Å². The highest BCUT2D eigenvalue weighted by atomic mass is 32.2. The lowest BCUT2D eigenvalue weighted by Gasteiger charge is -2.22. The Hall–Kier alpha value is -2.21. The van der Waals surface area contributed by atoms with Crippen molar-refractivity contribution in [1.29, 1.82) is 0 Å².